The van der Waals surface area contributed by atoms with Crippen LogP contribution in [0.1, 0.15) is 27.3 Å². The van der Waals surface area contributed by atoms with Crippen molar-refractivity contribution in [2.45, 2.75) is 20.8 Å². The summed E-state index contributed by atoms with van der Waals surface area (Å²) in [7, 11) is 0. The summed E-state index contributed by atoms with van der Waals surface area (Å²) >= 11 is 0. The van der Waals surface area contributed by atoms with Crippen molar-refractivity contribution in [3.8, 4) is 0 Å². The third kappa shape index (κ3) is 2.20. The Bertz CT molecular complexity index is 538. The molecule has 0 aliphatic heterocycles. The van der Waals surface area contributed by atoms with Crippen molar-refractivity contribution in [1.29, 1.82) is 0 Å². The minimum absolute atomic E-state index is 0.122. The molecule has 0 atom stereocenters. The summed E-state index contributed by atoms with van der Waals surface area (Å²) in [6.45, 7) is 5.62. The predicted octanol–water partition coefficient (Wildman–Crippen LogP) is 2.59. The molecule has 1 amide bonds. The van der Waals surface area contributed by atoms with Crippen LogP contribution in [-0.4, -0.2) is 16.1 Å². The molecule has 0 saturated heterocycles. The van der Waals surface area contributed by atoms with Gasteiger partial charge in [-0.1, -0.05) is 18.2 Å². The predicted molar refractivity (Wildman–Crippen MR) is 67.2 cm³/mol. The zero-order valence-electron chi connectivity index (χ0n) is 10.2. The Morgan fingerprint density at radius 3 is 2.53 bits per heavy atom. The maximum atomic E-state index is 12.1. The van der Waals surface area contributed by atoms with Crippen LogP contribution in [0.4, 0.5) is 5.69 Å². The Labute approximate surface area is 100 Å². The van der Waals surface area contributed by atoms with Gasteiger partial charge in [-0.3, -0.25) is 9.89 Å². The number of benzene rings is 1. The van der Waals surface area contributed by atoms with Gasteiger partial charge in [-0.25, -0.2) is 0 Å². The Balaban J connectivity index is 2.27. The van der Waals surface area contributed by atoms with E-state index in [1.54, 1.807) is 0 Å². The van der Waals surface area contributed by atoms with Crippen LogP contribution in [0, 0.1) is 20.8 Å². The molecule has 0 radical (unpaired) electrons. The number of anilines is 1. The maximum absolute atomic E-state index is 12.1. The second-order valence-corrected chi connectivity index (χ2v) is 4.08. The van der Waals surface area contributed by atoms with Gasteiger partial charge < -0.3 is 5.32 Å². The molecule has 1 heterocycles. The van der Waals surface area contributed by atoms with Crippen molar-refractivity contribution in [2.24, 2.45) is 0 Å². The Hall–Kier alpha value is -2.10. The summed E-state index contributed by atoms with van der Waals surface area (Å²) in [4.78, 5) is 12.1. The monoisotopic (exact) mass is 229 g/mol. The van der Waals surface area contributed by atoms with Gasteiger partial charge in [0.15, 0.2) is 0 Å². The van der Waals surface area contributed by atoms with E-state index in [4.69, 9.17) is 0 Å². The number of rotatable bonds is 2. The molecule has 0 bridgehead atoms. The van der Waals surface area contributed by atoms with E-state index in [2.05, 4.69) is 15.5 Å². The summed E-state index contributed by atoms with van der Waals surface area (Å²) in [6.07, 6.45) is 0. The number of hydrogen-bond acceptors (Lipinski definition) is 2. The number of carbonyl (C=O) groups excluding carboxylic acids is 1. The number of aromatic nitrogens is 2. The molecule has 0 saturated carbocycles. The zero-order valence-corrected chi connectivity index (χ0v) is 10.2. The molecule has 2 aromatic rings. The largest absolute Gasteiger partial charge is 0.322 e. The summed E-state index contributed by atoms with van der Waals surface area (Å²) < 4.78 is 0. The first-order chi connectivity index (χ1) is 8.09. The molecule has 4 nitrogen and oxygen atoms in total. The zero-order chi connectivity index (χ0) is 12.4. The molecular weight excluding hydrogens is 214 g/mol. The first-order valence-electron chi connectivity index (χ1n) is 5.48. The minimum atomic E-state index is -0.122. The highest BCUT2D eigenvalue weighted by atomic mass is 16.1. The van der Waals surface area contributed by atoms with Crippen LogP contribution in [0.3, 0.4) is 0 Å². The number of aryl methyl sites for hydroxylation is 3. The van der Waals surface area contributed by atoms with Gasteiger partial charge in [0.25, 0.3) is 5.91 Å². The van der Waals surface area contributed by atoms with E-state index in [0.29, 0.717) is 11.3 Å². The van der Waals surface area contributed by atoms with Crippen LogP contribution in [0.2, 0.25) is 0 Å². The average molecular weight is 229 g/mol. The number of amides is 1. The molecule has 1 aromatic heterocycles. The van der Waals surface area contributed by atoms with Crippen LogP contribution < -0.4 is 5.32 Å². The number of hydrogen-bond donors (Lipinski definition) is 2. The van der Waals surface area contributed by atoms with Crippen LogP contribution in [-0.2, 0) is 0 Å². The maximum Gasteiger partial charge on any atom is 0.259 e. The third-order valence-electron chi connectivity index (χ3n) is 2.75. The van der Waals surface area contributed by atoms with Crippen molar-refractivity contribution in [3.05, 3.63) is 46.8 Å². The summed E-state index contributed by atoms with van der Waals surface area (Å²) in [5.74, 6) is -0.122. The average Bonchev–Trinajstić information content (AvgIpc) is 2.62. The highest BCUT2D eigenvalue weighted by Crippen LogP contribution is 2.16. The Morgan fingerprint density at radius 2 is 1.94 bits per heavy atom. The summed E-state index contributed by atoms with van der Waals surface area (Å²) in [6, 6.07) is 7.69. The van der Waals surface area contributed by atoms with E-state index in [9.17, 15) is 4.79 Å². The van der Waals surface area contributed by atoms with Crippen molar-refractivity contribution in [2.75, 3.05) is 5.32 Å². The van der Waals surface area contributed by atoms with Crippen molar-refractivity contribution >= 4 is 11.6 Å². The van der Waals surface area contributed by atoms with E-state index in [1.807, 2.05) is 45.0 Å². The molecule has 1 aromatic carbocycles. The first kappa shape index (κ1) is 11.4. The fourth-order valence-electron chi connectivity index (χ4n) is 1.78. The van der Waals surface area contributed by atoms with Gasteiger partial charge >= 0.3 is 0 Å². The van der Waals surface area contributed by atoms with E-state index in [1.165, 1.54) is 0 Å². The number of carbonyl (C=O) groups is 1. The van der Waals surface area contributed by atoms with Gasteiger partial charge in [-0.15, -0.1) is 0 Å². The molecule has 2 N–H and O–H groups in total. The van der Waals surface area contributed by atoms with Gasteiger partial charge in [-0.2, -0.15) is 5.10 Å². The summed E-state index contributed by atoms with van der Waals surface area (Å²) in [5, 5.41) is 9.72. The standard InChI is InChI=1S/C13H15N3O/c1-8-6-4-5-7-11(8)14-13(17)12-9(2)15-16-10(12)3/h4-7H,1-3H3,(H,14,17)(H,15,16). The topological polar surface area (TPSA) is 57.8 Å². The van der Waals surface area contributed by atoms with Crippen molar-refractivity contribution in [1.82, 2.24) is 10.2 Å². The second-order valence-electron chi connectivity index (χ2n) is 4.08. The van der Waals surface area contributed by atoms with Crippen molar-refractivity contribution < 1.29 is 4.79 Å². The lowest BCUT2D eigenvalue weighted by Crippen LogP contribution is -2.14. The molecular formula is C13H15N3O. The quantitative estimate of drug-likeness (QED) is 0.831. The lowest BCUT2D eigenvalue weighted by atomic mass is 10.1. The lowest BCUT2D eigenvalue weighted by molar-refractivity contribution is 0.102. The van der Waals surface area contributed by atoms with Crippen LogP contribution in [0.15, 0.2) is 24.3 Å². The minimum Gasteiger partial charge on any atom is -0.322 e. The normalized spacial score (nSPS) is 10.3. The molecule has 0 fully saturated rings. The van der Waals surface area contributed by atoms with Crippen LogP contribution in [0.5, 0.6) is 0 Å². The van der Waals surface area contributed by atoms with E-state index < -0.39 is 0 Å². The second kappa shape index (κ2) is 4.41. The highest BCUT2D eigenvalue weighted by molar-refractivity contribution is 6.06. The highest BCUT2D eigenvalue weighted by Gasteiger charge is 2.15. The number of nitrogens with zero attached hydrogens (tertiary/aromatic N) is 1. The van der Waals surface area contributed by atoms with Gasteiger partial charge in [-0.05, 0) is 32.4 Å². The number of H-pyrrole nitrogens is 1. The van der Waals surface area contributed by atoms with Crippen LogP contribution >= 0.6 is 0 Å². The van der Waals surface area contributed by atoms with Gasteiger partial charge in [0.1, 0.15) is 0 Å². The first-order valence-corrected chi connectivity index (χ1v) is 5.48. The Kier molecular flexibility index (Phi) is 2.95. The van der Waals surface area contributed by atoms with Crippen LogP contribution in [0.25, 0.3) is 0 Å². The summed E-state index contributed by atoms with van der Waals surface area (Å²) in [5.41, 5.74) is 3.99. The van der Waals surface area contributed by atoms with Gasteiger partial charge in [0.2, 0.25) is 0 Å². The third-order valence-corrected chi connectivity index (χ3v) is 2.75. The molecule has 17 heavy (non-hydrogen) atoms. The number of nitrogens with one attached hydrogen (secondary N) is 2. The molecule has 88 valence electrons. The number of para-hydroxylation sites is 1. The molecule has 4 heteroatoms. The SMILES string of the molecule is Cc1ccccc1NC(=O)c1c(C)n[nH]c1C. The van der Waals surface area contributed by atoms with E-state index >= 15 is 0 Å². The molecule has 0 aliphatic rings. The molecule has 0 unspecified atom stereocenters. The molecule has 0 spiro atoms. The molecule has 0 aliphatic carbocycles. The van der Waals surface area contributed by atoms with Gasteiger partial charge in [0, 0.05) is 11.4 Å². The smallest absolute Gasteiger partial charge is 0.259 e. The number of aromatic amines is 1. The fraction of sp³-hybridized carbons (Fsp3) is 0.231. The van der Waals surface area contributed by atoms with E-state index in [-0.39, 0.29) is 5.91 Å². The fourth-order valence-corrected chi connectivity index (χ4v) is 1.78. The van der Waals surface area contributed by atoms with E-state index in [0.717, 1.165) is 16.9 Å². The molecule has 2 rings (SSSR count). The lowest BCUT2D eigenvalue weighted by Gasteiger charge is -2.07. The van der Waals surface area contributed by atoms with Gasteiger partial charge in [0.05, 0.1) is 11.3 Å². The van der Waals surface area contributed by atoms with Crippen molar-refractivity contribution in [3.63, 3.8) is 0 Å². The Morgan fingerprint density at radius 1 is 1.24 bits per heavy atom.